The van der Waals surface area contributed by atoms with Crippen LogP contribution < -0.4 is 14.8 Å². The Morgan fingerprint density at radius 1 is 1.20 bits per heavy atom. The number of sulfone groups is 1. The molecule has 1 aromatic rings. The summed E-state index contributed by atoms with van der Waals surface area (Å²) in [5.41, 5.74) is 0. The number of rotatable bonds is 8. The molecular formula is C18H27NO5S. The molecule has 1 N–H and O–H groups in total. The quantitative estimate of drug-likeness (QED) is 0.761. The number of carbonyl (C=O) groups excluding carboxylic acids is 1. The van der Waals surface area contributed by atoms with Crippen LogP contribution in [0.4, 0.5) is 0 Å². The molecule has 0 radical (unpaired) electrons. The van der Waals surface area contributed by atoms with Crippen LogP contribution in [0.15, 0.2) is 23.1 Å². The average Bonchev–Trinajstić information content (AvgIpc) is 3.14. The number of benzene rings is 1. The van der Waals surface area contributed by atoms with Gasteiger partial charge in [-0.15, -0.1) is 0 Å². The van der Waals surface area contributed by atoms with E-state index in [-0.39, 0.29) is 29.0 Å². The third-order valence-corrected chi connectivity index (χ3v) is 6.62. The highest BCUT2D eigenvalue weighted by Gasteiger charge is 2.27. The summed E-state index contributed by atoms with van der Waals surface area (Å²) >= 11 is 0. The zero-order valence-corrected chi connectivity index (χ0v) is 15.9. The van der Waals surface area contributed by atoms with E-state index in [0.717, 1.165) is 12.8 Å². The van der Waals surface area contributed by atoms with Gasteiger partial charge in [0.05, 0.1) is 24.9 Å². The Kier molecular flexibility index (Phi) is 6.70. The van der Waals surface area contributed by atoms with E-state index in [9.17, 15) is 13.2 Å². The van der Waals surface area contributed by atoms with Gasteiger partial charge in [0.25, 0.3) is 0 Å². The Morgan fingerprint density at radius 2 is 1.84 bits per heavy atom. The molecule has 1 aliphatic carbocycles. The molecule has 0 spiro atoms. The zero-order chi connectivity index (χ0) is 18.4. The van der Waals surface area contributed by atoms with Gasteiger partial charge >= 0.3 is 0 Å². The van der Waals surface area contributed by atoms with Crippen LogP contribution in [0.1, 0.15) is 32.6 Å². The van der Waals surface area contributed by atoms with Gasteiger partial charge in [-0.1, -0.05) is 19.8 Å². The molecule has 0 saturated heterocycles. The lowest BCUT2D eigenvalue weighted by Crippen LogP contribution is -2.35. The van der Waals surface area contributed by atoms with Gasteiger partial charge in [-0.25, -0.2) is 8.42 Å². The van der Waals surface area contributed by atoms with Crippen molar-refractivity contribution in [2.75, 3.05) is 26.5 Å². The van der Waals surface area contributed by atoms with Crippen molar-refractivity contribution in [2.24, 2.45) is 11.8 Å². The summed E-state index contributed by atoms with van der Waals surface area (Å²) in [5.74, 6) is 0.983. The number of amides is 1. The molecule has 1 amide bonds. The predicted molar refractivity (Wildman–Crippen MR) is 95.7 cm³/mol. The highest BCUT2D eigenvalue weighted by Crippen LogP contribution is 2.31. The van der Waals surface area contributed by atoms with E-state index in [1.165, 1.54) is 39.2 Å². The molecule has 1 unspecified atom stereocenters. The van der Waals surface area contributed by atoms with Crippen LogP contribution in [0.3, 0.4) is 0 Å². The average molecular weight is 369 g/mol. The minimum Gasteiger partial charge on any atom is -0.493 e. The van der Waals surface area contributed by atoms with E-state index in [2.05, 4.69) is 5.32 Å². The van der Waals surface area contributed by atoms with Crippen LogP contribution in [0, 0.1) is 11.8 Å². The van der Waals surface area contributed by atoms with Crippen molar-refractivity contribution >= 4 is 15.7 Å². The van der Waals surface area contributed by atoms with E-state index in [4.69, 9.17) is 9.47 Å². The highest BCUT2D eigenvalue weighted by molar-refractivity contribution is 7.91. The molecule has 1 aliphatic rings. The molecule has 0 aromatic heterocycles. The third-order valence-electron chi connectivity index (χ3n) is 4.90. The van der Waals surface area contributed by atoms with Crippen LogP contribution in [0.25, 0.3) is 0 Å². The number of nitrogens with one attached hydrogen (secondary N) is 1. The number of ether oxygens (including phenoxy) is 2. The van der Waals surface area contributed by atoms with Crippen molar-refractivity contribution in [1.82, 2.24) is 5.32 Å². The smallest absolute Gasteiger partial charge is 0.223 e. The number of methoxy groups -OCH3 is 2. The van der Waals surface area contributed by atoms with Crippen LogP contribution >= 0.6 is 0 Å². The SMILES string of the molecule is COc1ccc(S(=O)(=O)CCNC(=O)C(C)C2CCCC2)cc1OC. The molecule has 0 bridgehead atoms. The first-order chi connectivity index (χ1) is 11.9. The first-order valence-corrected chi connectivity index (χ1v) is 10.3. The Bertz CT molecular complexity index is 695. The third kappa shape index (κ3) is 4.87. The van der Waals surface area contributed by atoms with Crippen LogP contribution in [-0.4, -0.2) is 40.8 Å². The minimum atomic E-state index is -3.51. The van der Waals surface area contributed by atoms with E-state index >= 15 is 0 Å². The molecule has 1 atom stereocenters. The summed E-state index contributed by atoms with van der Waals surface area (Å²) < 4.78 is 35.2. The highest BCUT2D eigenvalue weighted by atomic mass is 32.2. The standard InChI is InChI=1S/C18H27NO5S/c1-13(14-6-4-5-7-14)18(20)19-10-11-25(21,22)15-8-9-16(23-2)17(12-15)24-3/h8-9,12-14H,4-7,10-11H2,1-3H3,(H,19,20). The molecule has 1 saturated carbocycles. The van der Waals surface area contributed by atoms with Crippen LogP contribution in [-0.2, 0) is 14.6 Å². The van der Waals surface area contributed by atoms with Gasteiger partial charge in [-0.3, -0.25) is 4.79 Å². The first kappa shape index (κ1) is 19.6. The van der Waals surface area contributed by atoms with Gasteiger partial charge in [0.1, 0.15) is 0 Å². The number of hydrogen-bond donors (Lipinski definition) is 1. The summed E-state index contributed by atoms with van der Waals surface area (Å²) in [7, 11) is -0.558. The monoisotopic (exact) mass is 369 g/mol. The zero-order valence-electron chi connectivity index (χ0n) is 15.1. The topological polar surface area (TPSA) is 81.7 Å². The fourth-order valence-corrected chi connectivity index (χ4v) is 4.44. The van der Waals surface area contributed by atoms with Gasteiger partial charge in [0, 0.05) is 18.5 Å². The molecule has 6 nitrogen and oxygen atoms in total. The van der Waals surface area contributed by atoms with Crippen molar-refractivity contribution in [3.63, 3.8) is 0 Å². The Hall–Kier alpha value is -1.76. The molecular weight excluding hydrogens is 342 g/mol. The predicted octanol–water partition coefficient (Wildman–Crippen LogP) is 2.42. The Balaban J connectivity index is 1.94. The second-order valence-electron chi connectivity index (χ2n) is 6.46. The molecule has 1 fully saturated rings. The summed E-state index contributed by atoms with van der Waals surface area (Å²) in [4.78, 5) is 12.3. The first-order valence-electron chi connectivity index (χ1n) is 8.61. The second-order valence-corrected chi connectivity index (χ2v) is 8.57. The van der Waals surface area contributed by atoms with Crippen molar-refractivity contribution < 1.29 is 22.7 Å². The summed E-state index contributed by atoms with van der Waals surface area (Å²) in [5, 5.41) is 2.76. The van der Waals surface area contributed by atoms with Gasteiger partial charge in [-0.05, 0) is 30.9 Å². The lowest BCUT2D eigenvalue weighted by Gasteiger charge is -2.18. The van der Waals surface area contributed by atoms with Gasteiger partial charge < -0.3 is 14.8 Å². The molecule has 2 rings (SSSR count). The van der Waals surface area contributed by atoms with Crippen LogP contribution in [0.5, 0.6) is 11.5 Å². The van der Waals surface area contributed by atoms with Crippen molar-refractivity contribution in [1.29, 1.82) is 0 Å². The molecule has 7 heteroatoms. The van der Waals surface area contributed by atoms with Crippen LogP contribution in [0.2, 0.25) is 0 Å². The van der Waals surface area contributed by atoms with Gasteiger partial charge in [0.15, 0.2) is 21.3 Å². The molecule has 0 aliphatic heterocycles. The second kappa shape index (κ2) is 8.56. The molecule has 25 heavy (non-hydrogen) atoms. The van der Waals surface area contributed by atoms with E-state index in [1.807, 2.05) is 6.92 Å². The van der Waals surface area contributed by atoms with Crippen molar-refractivity contribution in [3.8, 4) is 11.5 Å². The normalized spacial score (nSPS) is 16.4. The fourth-order valence-electron chi connectivity index (χ4n) is 3.27. The Morgan fingerprint density at radius 3 is 2.44 bits per heavy atom. The van der Waals surface area contributed by atoms with Gasteiger partial charge in [-0.2, -0.15) is 0 Å². The van der Waals surface area contributed by atoms with E-state index in [1.54, 1.807) is 6.07 Å². The van der Waals surface area contributed by atoms with E-state index in [0.29, 0.717) is 17.4 Å². The molecule has 140 valence electrons. The summed E-state index contributed by atoms with van der Waals surface area (Å²) in [6, 6.07) is 4.49. The summed E-state index contributed by atoms with van der Waals surface area (Å²) in [6.45, 7) is 2.03. The number of carbonyl (C=O) groups is 1. The Labute approximate surface area is 149 Å². The van der Waals surface area contributed by atoms with Crippen molar-refractivity contribution in [3.05, 3.63) is 18.2 Å². The minimum absolute atomic E-state index is 0.0607. The largest absolute Gasteiger partial charge is 0.493 e. The van der Waals surface area contributed by atoms with Crippen molar-refractivity contribution in [2.45, 2.75) is 37.5 Å². The van der Waals surface area contributed by atoms with E-state index < -0.39 is 9.84 Å². The lowest BCUT2D eigenvalue weighted by atomic mass is 9.92. The maximum absolute atomic E-state index is 12.5. The maximum atomic E-state index is 12.5. The fraction of sp³-hybridized carbons (Fsp3) is 0.611. The molecule has 0 heterocycles. The number of hydrogen-bond acceptors (Lipinski definition) is 5. The van der Waals surface area contributed by atoms with Gasteiger partial charge in [0.2, 0.25) is 5.91 Å². The molecule has 1 aromatic carbocycles. The summed E-state index contributed by atoms with van der Waals surface area (Å²) in [6.07, 6.45) is 4.52. The maximum Gasteiger partial charge on any atom is 0.223 e. The lowest BCUT2D eigenvalue weighted by molar-refractivity contribution is -0.125.